The van der Waals surface area contributed by atoms with E-state index in [0.29, 0.717) is 11.8 Å². The van der Waals surface area contributed by atoms with Gasteiger partial charge in [0, 0.05) is 18.3 Å². The standard InChI is InChI=1S/C18H24N2O/c1-12(2)17-7-6-16(9-13(17)3)21-18-14(4)8-15(10-19-5)11-20-18/h6-9,11-12,19H,10H2,1-5H3. The first kappa shape index (κ1) is 15.5. The molecule has 2 aromatic rings. The lowest BCUT2D eigenvalue weighted by atomic mass is 9.98. The van der Waals surface area contributed by atoms with E-state index in [4.69, 9.17) is 4.74 Å². The third kappa shape index (κ3) is 3.82. The van der Waals surface area contributed by atoms with Gasteiger partial charge < -0.3 is 10.1 Å². The van der Waals surface area contributed by atoms with E-state index >= 15 is 0 Å². The summed E-state index contributed by atoms with van der Waals surface area (Å²) in [6.45, 7) is 9.37. The molecule has 0 fully saturated rings. The molecule has 0 unspecified atom stereocenters. The lowest BCUT2D eigenvalue weighted by Crippen LogP contribution is -2.06. The molecule has 3 heteroatoms. The quantitative estimate of drug-likeness (QED) is 0.887. The monoisotopic (exact) mass is 284 g/mol. The van der Waals surface area contributed by atoms with Gasteiger partial charge in [0.25, 0.3) is 0 Å². The highest BCUT2D eigenvalue weighted by Gasteiger charge is 2.08. The summed E-state index contributed by atoms with van der Waals surface area (Å²) in [5.74, 6) is 2.04. The molecule has 1 N–H and O–H groups in total. The molecule has 21 heavy (non-hydrogen) atoms. The zero-order valence-electron chi connectivity index (χ0n) is 13.5. The van der Waals surface area contributed by atoms with E-state index < -0.39 is 0 Å². The van der Waals surface area contributed by atoms with Crippen LogP contribution < -0.4 is 10.1 Å². The highest BCUT2D eigenvalue weighted by atomic mass is 16.5. The second-order valence-electron chi connectivity index (χ2n) is 5.77. The largest absolute Gasteiger partial charge is 0.439 e. The van der Waals surface area contributed by atoms with E-state index in [1.165, 1.54) is 11.1 Å². The van der Waals surface area contributed by atoms with Gasteiger partial charge in [-0.05, 0) is 61.7 Å². The Balaban J connectivity index is 2.20. The molecular weight excluding hydrogens is 260 g/mol. The van der Waals surface area contributed by atoms with E-state index in [2.05, 4.69) is 49.3 Å². The molecule has 2 rings (SSSR count). The maximum atomic E-state index is 5.93. The number of ether oxygens (including phenoxy) is 1. The van der Waals surface area contributed by atoms with Crippen LogP contribution in [0, 0.1) is 13.8 Å². The van der Waals surface area contributed by atoms with Gasteiger partial charge in [-0.15, -0.1) is 0 Å². The molecule has 0 atom stereocenters. The molecule has 0 saturated carbocycles. The summed E-state index contributed by atoms with van der Waals surface area (Å²) < 4.78 is 5.93. The van der Waals surface area contributed by atoms with E-state index in [-0.39, 0.29) is 0 Å². The van der Waals surface area contributed by atoms with Crippen LogP contribution in [0.1, 0.15) is 42.0 Å². The summed E-state index contributed by atoms with van der Waals surface area (Å²) in [5, 5.41) is 3.12. The Kier molecular flexibility index (Phi) is 4.97. The molecule has 1 heterocycles. The van der Waals surface area contributed by atoms with Crippen molar-refractivity contribution in [3.8, 4) is 11.6 Å². The van der Waals surface area contributed by atoms with Crippen LogP contribution in [0.3, 0.4) is 0 Å². The number of hydrogen-bond acceptors (Lipinski definition) is 3. The molecule has 3 nitrogen and oxygen atoms in total. The smallest absolute Gasteiger partial charge is 0.222 e. The van der Waals surface area contributed by atoms with Gasteiger partial charge in [-0.2, -0.15) is 0 Å². The van der Waals surface area contributed by atoms with Crippen molar-refractivity contribution >= 4 is 0 Å². The van der Waals surface area contributed by atoms with Gasteiger partial charge in [-0.25, -0.2) is 4.98 Å². The third-order valence-electron chi connectivity index (χ3n) is 3.55. The molecule has 112 valence electrons. The fraction of sp³-hybridized carbons (Fsp3) is 0.389. The lowest BCUT2D eigenvalue weighted by Gasteiger charge is -2.13. The Hall–Kier alpha value is -1.87. The first-order chi connectivity index (χ1) is 10.0. The number of aromatic nitrogens is 1. The van der Waals surface area contributed by atoms with Crippen LogP contribution >= 0.6 is 0 Å². The summed E-state index contributed by atoms with van der Waals surface area (Å²) in [6.07, 6.45) is 1.86. The maximum absolute atomic E-state index is 5.93. The second kappa shape index (κ2) is 6.72. The molecule has 0 amide bonds. The Labute approximate surface area is 127 Å². The summed E-state index contributed by atoms with van der Waals surface area (Å²) in [4.78, 5) is 4.42. The molecule has 0 aliphatic carbocycles. The Morgan fingerprint density at radius 1 is 1.14 bits per heavy atom. The third-order valence-corrected chi connectivity index (χ3v) is 3.55. The van der Waals surface area contributed by atoms with Crippen LogP contribution in [-0.2, 0) is 6.54 Å². The zero-order valence-corrected chi connectivity index (χ0v) is 13.5. The number of benzene rings is 1. The topological polar surface area (TPSA) is 34.2 Å². The van der Waals surface area contributed by atoms with Gasteiger partial charge in [-0.1, -0.05) is 19.9 Å². The molecule has 0 bridgehead atoms. The number of hydrogen-bond donors (Lipinski definition) is 1. The van der Waals surface area contributed by atoms with Crippen molar-refractivity contribution in [2.45, 2.75) is 40.2 Å². The van der Waals surface area contributed by atoms with Crippen LogP contribution in [0.5, 0.6) is 11.6 Å². The van der Waals surface area contributed by atoms with E-state index in [1.807, 2.05) is 26.2 Å². The number of nitrogens with zero attached hydrogens (tertiary/aromatic N) is 1. The predicted octanol–water partition coefficient (Wildman–Crippen LogP) is 4.33. The Morgan fingerprint density at radius 2 is 1.90 bits per heavy atom. The highest BCUT2D eigenvalue weighted by Crippen LogP contribution is 2.27. The van der Waals surface area contributed by atoms with Crippen LogP contribution in [-0.4, -0.2) is 12.0 Å². The van der Waals surface area contributed by atoms with Gasteiger partial charge in [0.2, 0.25) is 5.88 Å². The van der Waals surface area contributed by atoms with Crippen molar-refractivity contribution < 1.29 is 4.74 Å². The minimum Gasteiger partial charge on any atom is -0.439 e. The van der Waals surface area contributed by atoms with Crippen molar-refractivity contribution in [2.24, 2.45) is 0 Å². The molecule has 0 spiro atoms. The summed E-state index contributed by atoms with van der Waals surface area (Å²) in [6, 6.07) is 8.34. The van der Waals surface area contributed by atoms with Crippen molar-refractivity contribution in [1.29, 1.82) is 0 Å². The molecule has 0 aliphatic rings. The average Bonchev–Trinajstić information content (AvgIpc) is 2.42. The Bertz CT molecular complexity index is 621. The molecule has 1 aromatic carbocycles. The van der Waals surface area contributed by atoms with Gasteiger partial charge >= 0.3 is 0 Å². The lowest BCUT2D eigenvalue weighted by molar-refractivity contribution is 0.457. The number of nitrogens with one attached hydrogen (secondary N) is 1. The van der Waals surface area contributed by atoms with E-state index in [1.54, 1.807) is 0 Å². The highest BCUT2D eigenvalue weighted by molar-refractivity contribution is 5.39. The van der Waals surface area contributed by atoms with Crippen molar-refractivity contribution in [3.05, 3.63) is 52.7 Å². The number of rotatable bonds is 5. The van der Waals surface area contributed by atoms with Gasteiger partial charge in [0.05, 0.1) is 0 Å². The summed E-state index contributed by atoms with van der Waals surface area (Å²) >= 11 is 0. The molecule has 0 saturated heterocycles. The predicted molar refractivity (Wildman–Crippen MR) is 87.1 cm³/mol. The van der Waals surface area contributed by atoms with Crippen LogP contribution in [0.2, 0.25) is 0 Å². The minimum atomic E-state index is 0.528. The summed E-state index contributed by atoms with van der Waals surface area (Å²) in [5.41, 5.74) is 4.82. The zero-order chi connectivity index (χ0) is 15.4. The maximum Gasteiger partial charge on any atom is 0.222 e. The van der Waals surface area contributed by atoms with Crippen molar-refractivity contribution in [3.63, 3.8) is 0 Å². The second-order valence-corrected chi connectivity index (χ2v) is 5.77. The fourth-order valence-corrected chi connectivity index (χ4v) is 2.50. The molecule has 0 aliphatic heterocycles. The van der Waals surface area contributed by atoms with Crippen LogP contribution in [0.15, 0.2) is 30.5 Å². The number of aryl methyl sites for hydroxylation is 2. The minimum absolute atomic E-state index is 0.528. The van der Waals surface area contributed by atoms with Gasteiger partial charge in [0.1, 0.15) is 5.75 Å². The van der Waals surface area contributed by atoms with Gasteiger partial charge in [-0.3, -0.25) is 0 Å². The fourth-order valence-electron chi connectivity index (χ4n) is 2.50. The molecule has 0 radical (unpaired) electrons. The van der Waals surface area contributed by atoms with Crippen molar-refractivity contribution in [2.75, 3.05) is 7.05 Å². The van der Waals surface area contributed by atoms with E-state index in [9.17, 15) is 0 Å². The van der Waals surface area contributed by atoms with Crippen molar-refractivity contribution in [1.82, 2.24) is 10.3 Å². The first-order valence-electron chi connectivity index (χ1n) is 7.39. The Morgan fingerprint density at radius 3 is 2.48 bits per heavy atom. The molecular formula is C18H24N2O. The van der Waals surface area contributed by atoms with Crippen LogP contribution in [0.25, 0.3) is 0 Å². The number of pyridine rings is 1. The summed E-state index contributed by atoms with van der Waals surface area (Å²) in [7, 11) is 1.93. The van der Waals surface area contributed by atoms with Crippen LogP contribution in [0.4, 0.5) is 0 Å². The SMILES string of the molecule is CNCc1cnc(Oc2ccc(C(C)C)c(C)c2)c(C)c1. The average molecular weight is 284 g/mol. The molecule has 1 aromatic heterocycles. The van der Waals surface area contributed by atoms with Gasteiger partial charge in [0.15, 0.2) is 0 Å². The normalized spacial score (nSPS) is 11.0. The van der Waals surface area contributed by atoms with E-state index in [0.717, 1.165) is 23.4 Å². The first-order valence-corrected chi connectivity index (χ1v) is 7.39.